The van der Waals surface area contributed by atoms with E-state index < -0.39 is 16.1 Å². The summed E-state index contributed by atoms with van der Waals surface area (Å²) in [6.45, 7) is 0.159. The summed E-state index contributed by atoms with van der Waals surface area (Å²) in [7, 11) is -3.79. The standard InChI is InChI=1S/C9H12ClIN2O3S/c10-4-7(14)5-13-8-2-1-6(11)3-9(8)17(12,15)16/h1-3,7,13-14H,4-5H2,(H2,12,15,16). The van der Waals surface area contributed by atoms with Crippen molar-refractivity contribution < 1.29 is 13.5 Å². The van der Waals surface area contributed by atoms with Crippen molar-refractivity contribution in [3.63, 3.8) is 0 Å². The Morgan fingerprint density at radius 2 is 2.18 bits per heavy atom. The minimum atomic E-state index is -3.79. The number of nitrogens with one attached hydrogen (secondary N) is 1. The van der Waals surface area contributed by atoms with Crippen LogP contribution in [0.2, 0.25) is 0 Å². The number of halogens is 2. The third-order valence-electron chi connectivity index (χ3n) is 1.96. The van der Waals surface area contributed by atoms with Gasteiger partial charge in [0.2, 0.25) is 10.0 Å². The molecule has 17 heavy (non-hydrogen) atoms. The van der Waals surface area contributed by atoms with E-state index in [0.29, 0.717) is 5.69 Å². The number of alkyl halides is 1. The number of aliphatic hydroxyl groups excluding tert-OH is 1. The SMILES string of the molecule is NS(=O)(=O)c1cc(I)ccc1NCC(O)CCl. The van der Waals surface area contributed by atoms with Crippen LogP contribution in [0, 0.1) is 3.57 Å². The van der Waals surface area contributed by atoms with Crippen LogP contribution >= 0.6 is 34.2 Å². The highest BCUT2D eigenvalue weighted by atomic mass is 127. The number of anilines is 1. The molecule has 1 aromatic rings. The van der Waals surface area contributed by atoms with E-state index in [4.69, 9.17) is 16.7 Å². The van der Waals surface area contributed by atoms with Gasteiger partial charge in [0.25, 0.3) is 0 Å². The van der Waals surface area contributed by atoms with E-state index >= 15 is 0 Å². The van der Waals surface area contributed by atoms with E-state index in [-0.39, 0.29) is 17.3 Å². The highest BCUT2D eigenvalue weighted by molar-refractivity contribution is 14.1. The number of benzene rings is 1. The zero-order valence-electron chi connectivity index (χ0n) is 8.73. The van der Waals surface area contributed by atoms with Gasteiger partial charge >= 0.3 is 0 Å². The molecule has 0 saturated heterocycles. The van der Waals surface area contributed by atoms with Crippen molar-refractivity contribution in [1.29, 1.82) is 0 Å². The lowest BCUT2D eigenvalue weighted by Gasteiger charge is -2.13. The fraction of sp³-hybridized carbons (Fsp3) is 0.333. The van der Waals surface area contributed by atoms with E-state index in [9.17, 15) is 13.5 Å². The fourth-order valence-corrected chi connectivity index (χ4v) is 2.71. The normalized spacial score (nSPS) is 13.4. The molecule has 1 rings (SSSR count). The Morgan fingerprint density at radius 1 is 1.53 bits per heavy atom. The first-order valence-corrected chi connectivity index (χ1v) is 7.81. The maximum absolute atomic E-state index is 11.4. The molecular formula is C9H12ClIN2O3S. The molecule has 1 unspecified atom stereocenters. The number of primary sulfonamides is 1. The molecule has 8 heteroatoms. The third-order valence-corrected chi connectivity index (χ3v) is 3.93. The van der Waals surface area contributed by atoms with E-state index in [1.54, 1.807) is 12.1 Å². The van der Waals surface area contributed by atoms with Crippen molar-refractivity contribution in [3.8, 4) is 0 Å². The monoisotopic (exact) mass is 390 g/mol. The number of nitrogens with two attached hydrogens (primary N) is 1. The maximum atomic E-state index is 11.4. The molecule has 0 aliphatic heterocycles. The quantitative estimate of drug-likeness (QED) is 0.515. The molecule has 1 aromatic carbocycles. The average molecular weight is 391 g/mol. The van der Waals surface area contributed by atoms with Crippen LogP contribution in [0.1, 0.15) is 0 Å². The molecule has 0 radical (unpaired) electrons. The molecule has 0 amide bonds. The summed E-state index contributed by atoms with van der Waals surface area (Å²) in [5.74, 6) is 0.0715. The number of rotatable bonds is 5. The molecular weight excluding hydrogens is 379 g/mol. The van der Waals surface area contributed by atoms with Crippen molar-refractivity contribution in [3.05, 3.63) is 21.8 Å². The maximum Gasteiger partial charge on any atom is 0.240 e. The highest BCUT2D eigenvalue weighted by Crippen LogP contribution is 2.22. The molecule has 0 bridgehead atoms. The second-order valence-electron chi connectivity index (χ2n) is 3.37. The highest BCUT2D eigenvalue weighted by Gasteiger charge is 2.15. The molecule has 5 nitrogen and oxygen atoms in total. The molecule has 0 aliphatic carbocycles. The van der Waals surface area contributed by atoms with Crippen LogP contribution in [0.5, 0.6) is 0 Å². The van der Waals surface area contributed by atoms with Crippen LogP contribution in [-0.2, 0) is 10.0 Å². The van der Waals surface area contributed by atoms with Crippen molar-refractivity contribution in [1.82, 2.24) is 0 Å². The molecule has 1 atom stereocenters. The predicted octanol–water partition coefficient (Wildman–Crippen LogP) is 0.950. The molecule has 0 fully saturated rings. The van der Waals surface area contributed by atoms with Crippen molar-refractivity contribution in [2.75, 3.05) is 17.7 Å². The van der Waals surface area contributed by atoms with Crippen LogP contribution < -0.4 is 10.5 Å². The van der Waals surface area contributed by atoms with E-state index in [0.717, 1.165) is 3.57 Å². The smallest absolute Gasteiger partial charge is 0.240 e. The Balaban J connectivity index is 3.00. The first-order valence-electron chi connectivity index (χ1n) is 4.65. The van der Waals surface area contributed by atoms with Crippen LogP contribution in [0.25, 0.3) is 0 Å². The average Bonchev–Trinajstić information content (AvgIpc) is 2.25. The molecule has 0 heterocycles. The molecule has 4 N–H and O–H groups in total. The van der Waals surface area contributed by atoms with Gasteiger partial charge in [-0.05, 0) is 40.8 Å². The van der Waals surface area contributed by atoms with Crippen LogP contribution in [0.15, 0.2) is 23.1 Å². The van der Waals surface area contributed by atoms with Gasteiger partial charge < -0.3 is 10.4 Å². The summed E-state index contributed by atoms with van der Waals surface area (Å²) in [6.07, 6.45) is -0.746. The summed E-state index contributed by atoms with van der Waals surface area (Å²) in [4.78, 5) is 0.00572. The summed E-state index contributed by atoms with van der Waals surface area (Å²) in [6, 6.07) is 4.80. The van der Waals surface area contributed by atoms with Gasteiger partial charge in [-0.1, -0.05) is 0 Å². The zero-order valence-corrected chi connectivity index (χ0v) is 12.5. The molecule has 0 saturated carbocycles. The minimum Gasteiger partial charge on any atom is -0.390 e. The van der Waals surface area contributed by atoms with Crippen LogP contribution in [0.3, 0.4) is 0 Å². The lowest BCUT2D eigenvalue weighted by atomic mass is 10.3. The largest absolute Gasteiger partial charge is 0.390 e. The summed E-state index contributed by atoms with van der Waals surface area (Å²) >= 11 is 7.43. The summed E-state index contributed by atoms with van der Waals surface area (Å²) < 4.78 is 23.5. The van der Waals surface area contributed by atoms with Gasteiger partial charge in [0.1, 0.15) is 4.90 Å². The Bertz CT molecular complexity index is 495. The van der Waals surface area contributed by atoms with Gasteiger partial charge in [0.05, 0.1) is 17.7 Å². The predicted molar refractivity (Wildman–Crippen MR) is 75.7 cm³/mol. The van der Waals surface area contributed by atoms with Crippen molar-refractivity contribution in [2.45, 2.75) is 11.0 Å². The first-order chi connectivity index (χ1) is 7.84. The van der Waals surface area contributed by atoms with Crippen LogP contribution in [-0.4, -0.2) is 32.1 Å². The van der Waals surface area contributed by atoms with Crippen molar-refractivity contribution in [2.24, 2.45) is 5.14 Å². The molecule has 0 spiro atoms. The minimum absolute atomic E-state index is 0.00572. The molecule has 0 aromatic heterocycles. The Kier molecular flexibility index (Phi) is 5.45. The van der Waals surface area contributed by atoms with Gasteiger partial charge in [0, 0.05) is 10.1 Å². The summed E-state index contributed by atoms with van der Waals surface area (Å²) in [5.41, 5.74) is 0.358. The van der Waals surface area contributed by atoms with Crippen LogP contribution in [0.4, 0.5) is 5.69 Å². The second kappa shape index (κ2) is 6.19. The topological polar surface area (TPSA) is 92.4 Å². The third kappa shape index (κ3) is 4.59. The molecule has 0 aliphatic rings. The Hall–Kier alpha value is -0.0900. The van der Waals surface area contributed by atoms with E-state index in [1.165, 1.54) is 6.07 Å². The Labute approximate surface area is 119 Å². The van der Waals surface area contributed by atoms with E-state index in [1.807, 2.05) is 22.6 Å². The van der Waals surface area contributed by atoms with Gasteiger partial charge in [-0.15, -0.1) is 11.6 Å². The number of hydrogen-bond donors (Lipinski definition) is 3. The molecule has 96 valence electrons. The second-order valence-corrected chi connectivity index (χ2v) is 6.46. The van der Waals surface area contributed by atoms with E-state index in [2.05, 4.69) is 5.32 Å². The van der Waals surface area contributed by atoms with Gasteiger partial charge in [0.15, 0.2) is 0 Å². The lowest BCUT2D eigenvalue weighted by molar-refractivity contribution is 0.211. The van der Waals surface area contributed by atoms with Crippen molar-refractivity contribution >= 4 is 49.9 Å². The number of aliphatic hydroxyl groups is 1. The van der Waals surface area contributed by atoms with Gasteiger partial charge in [-0.25, -0.2) is 13.6 Å². The Morgan fingerprint density at radius 3 is 2.71 bits per heavy atom. The lowest BCUT2D eigenvalue weighted by Crippen LogP contribution is -2.23. The number of sulfonamides is 1. The first kappa shape index (κ1) is 15.0. The van der Waals surface area contributed by atoms with Gasteiger partial charge in [-0.2, -0.15) is 0 Å². The summed E-state index contributed by atoms with van der Waals surface area (Å²) in [5, 5.41) is 17.2. The zero-order chi connectivity index (χ0) is 13.1. The fourth-order valence-electron chi connectivity index (χ4n) is 1.16. The van der Waals surface area contributed by atoms with Gasteiger partial charge in [-0.3, -0.25) is 0 Å². The number of hydrogen-bond acceptors (Lipinski definition) is 4.